The van der Waals surface area contributed by atoms with Gasteiger partial charge in [0.2, 0.25) is 0 Å². The van der Waals surface area contributed by atoms with Crippen LogP contribution in [0.2, 0.25) is 10.0 Å². The van der Waals surface area contributed by atoms with E-state index in [1.54, 1.807) is 10.7 Å². The Hall–Kier alpha value is -2.04. The van der Waals surface area contributed by atoms with E-state index in [1.807, 2.05) is 42.5 Å². The highest BCUT2D eigenvalue weighted by Gasteiger charge is 2.17. The van der Waals surface area contributed by atoms with Crippen molar-refractivity contribution in [3.05, 3.63) is 70.0 Å². The number of hydrogen-bond donors (Lipinski definition) is 1. The maximum Gasteiger partial charge on any atom is 0.273 e. The lowest BCUT2D eigenvalue weighted by molar-refractivity contribution is 0.0949. The fourth-order valence-electron chi connectivity index (χ4n) is 2.21. The van der Waals surface area contributed by atoms with Gasteiger partial charge in [-0.15, -0.1) is 0 Å². The molecule has 6 heteroatoms. The Labute approximate surface area is 137 Å². The topological polar surface area (TPSA) is 46.4 Å². The zero-order valence-electron chi connectivity index (χ0n) is 11.6. The average molecular weight is 334 g/mol. The number of pyridine rings is 1. The first-order chi connectivity index (χ1) is 10.7. The van der Waals surface area contributed by atoms with E-state index in [1.165, 1.54) is 0 Å². The van der Waals surface area contributed by atoms with Crippen molar-refractivity contribution < 1.29 is 4.79 Å². The van der Waals surface area contributed by atoms with E-state index in [0.717, 1.165) is 5.56 Å². The van der Waals surface area contributed by atoms with Crippen LogP contribution in [-0.2, 0) is 6.42 Å². The van der Waals surface area contributed by atoms with Crippen molar-refractivity contribution in [2.75, 3.05) is 6.54 Å². The molecule has 2 aromatic heterocycles. The maximum absolute atomic E-state index is 12.2. The summed E-state index contributed by atoms with van der Waals surface area (Å²) in [7, 11) is 0. The van der Waals surface area contributed by atoms with E-state index in [4.69, 9.17) is 23.2 Å². The van der Waals surface area contributed by atoms with Gasteiger partial charge in [-0.2, -0.15) is 5.10 Å². The van der Waals surface area contributed by atoms with E-state index in [0.29, 0.717) is 28.5 Å². The Kier molecular flexibility index (Phi) is 4.32. The number of nitrogens with zero attached hydrogens (tertiary/aromatic N) is 2. The first kappa shape index (κ1) is 14.9. The number of benzene rings is 1. The summed E-state index contributed by atoms with van der Waals surface area (Å²) in [5.74, 6) is -0.291. The molecule has 112 valence electrons. The van der Waals surface area contributed by atoms with Gasteiger partial charge >= 0.3 is 0 Å². The summed E-state index contributed by atoms with van der Waals surface area (Å²) < 4.78 is 1.59. The SMILES string of the molecule is O=C(NCCc1ccccc1Cl)c1nn2ccccc2c1Cl. The van der Waals surface area contributed by atoms with Crippen molar-refractivity contribution in [2.24, 2.45) is 0 Å². The molecule has 3 rings (SSSR count). The number of nitrogens with one attached hydrogen (secondary N) is 1. The second kappa shape index (κ2) is 6.38. The molecule has 1 amide bonds. The molecule has 0 aliphatic rings. The van der Waals surface area contributed by atoms with Gasteiger partial charge in [-0.05, 0) is 30.2 Å². The summed E-state index contributed by atoms with van der Waals surface area (Å²) in [6.45, 7) is 0.465. The number of halogens is 2. The minimum atomic E-state index is -0.291. The summed E-state index contributed by atoms with van der Waals surface area (Å²) in [4.78, 5) is 12.2. The van der Waals surface area contributed by atoms with Gasteiger partial charge in [0.1, 0.15) is 0 Å². The predicted octanol–water partition coefficient (Wildman–Crippen LogP) is 3.61. The molecule has 1 N–H and O–H groups in total. The molecule has 0 radical (unpaired) electrons. The van der Waals surface area contributed by atoms with Gasteiger partial charge in [0.05, 0.1) is 10.5 Å². The number of aromatic nitrogens is 2. The van der Waals surface area contributed by atoms with E-state index in [2.05, 4.69) is 10.4 Å². The molecule has 3 aromatic rings. The zero-order chi connectivity index (χ0) is 15.5. The Balaban J connectivity index is 1.69. The molecule has 0 saturated carbocycles. The lowest BCUT2D eigenvalue weighted by atomic mass is 10.1. The van der Waals surface area contributed by atoms with Crippen molar-refractivity contribution in [2.45, 2.75) is 6.42 Å². The summed E-state index contributed by atoms with van der Waals surface area (Å²) >= 11 is 12.3. The summed E-state index contributed by atoms with van der Waals surface area (Å²) in [6, 6.07) is 13.1. The minimum Gasteiger partial charge on any atom is -0.350 e. The average Bonchev–Trinajstić information content (AvgIpc) is 2.87. The lowest BCUT2D eigenvalue weighted by Gasteiger charge is -2.05. The number of carbonyl (C=O) groups excluding carboxylic acids is 1. The van der Waals surface area contributed by atoms with E-state index in [-0.39, 0.29) is 11.6 Å². The van der Waals surface area contributed by atoms with Crippen molar-refractivity contribution in [3.8, 4) is 0 Å². The number of amides is 1. The van der Waals surface area contributed by atoms with Gasteiger partial charge in [-0.25, -0.2) is 4.52 Å². The van der Waals surface area contributed by atoms with Gasteiger partial charge in [-0.3, -0.25) is 4.79 Å². The molecule has 2 heterocycles. The molecule has 0 spiro atoms. The highest BCUT2D eigenvalue weighted by Crippen LogP contribution is 2.21. The highest BCUT2D eigenvalue weighted by molar-refractivity contribution is 6.36. The Bertz CT molecular complexity index is 829. The van der Waals surface area contributed by atoms with Crippen molar-refractivity contribution >= 4 is 34.6 Å². The Morgan fingerprint density at radius 2 is 1.91 bits per heavy atom. The summed E-state index contributed by atoms with van der Waals surface area (Å²) in [5.41, 5.74) is 1.93. The third-order valence-corrected chi connectivity index (χ3v) is 4.07. The van der Waals surface area contributed by atoms with Gasteiger partial charge in [0.25, 0.3) is 5.91 Å². The maximum atomic E-state index is 12.2. The van der Waals surface area contributed by atoms with Crippen LogP contribution < -0.4 is 5.32 Å². The van der Waals surface area contributed by atoms with Crippen molar-refractivity contribution in [3.63, 3.8) is 0 Å². The summed E-state index contributed by atoms with van der Waals surface area (Å²) in [6.07, 6.45) is 2.40. The second-order valence-corrected chi connectivity index (χ2v) is 5.58. The molecule has 4 nitrogen and oxygen atoms in total. The molecule has 22 heavy (non-hydrogen) atoms. The molecule has 0 bridgehead atoms. The first-order valence-electron chi connectivity index (χ1n) is 6.81. The van der Waals surface area contributed by atoms with Crippen LogP contribution in [0, 0.1) is 0 Å². The Morgan fingerprint density at radius 3 is 2.68 bits per heavy atom. The third kappa shape index (κ3) is 2.93. The van der Waals surface area contributed by atoms with E-state index < -0.39 is 0 Å². The van der Waals surface area contributed by atoms with E-state index in [9.17, 15) is 4.79 Å². The molecular weight excluding hydrogens is 321 g/mol. The minimum absolute atomic E-state index is 0.229. The molecule has 0 aliphatic heterocycles. The second-order valence-electron chi connectivity index (χ2n) is 4.79. The zero-order valence-corrected chi connectivity index (χ0v) is 13.1. The van der Waals surface area contributed by atoms with Gasteiger partial charge in [-0.1, -0.05) is 47.5 Å². The van der Waals surface area contributed by atoms with Crippen molar-refractivity contribution in [1.29, 1.82) is 0 Å². The summed E-state index contributed by atoms with van der Waals surface area (Å²) in [5, 5.41) is 8.07. The van der Waals surface area contributed by atoms with Crippen LogP contribution in [0.4, 0.5) is 0 Å². The predicted molar refractivity (Wildman–Crippen MR) is 87.7 cm³/mol. The van der Waals surface area contributed by atoms with E-state index >= 15 is 0 Å². The number of carbonyl (C=O) groups is 1. The van der Waals surface area contributed by atoms with Crippen LogP contribution in [0.5, 0.6) is 0 Å². The van der Waals surface area contributed by atoms with Crippen LogP contribution >= 0.6 is 23.2 Å². The molecule has 0 saturated heterocycles. The molecule has 0 atom stereocenters. The standard InChI is InChI=1S/C16H13Cl2N3O/c17-12-6-2-1-5-11(12)8-9-19-16(22)15-14(18)13-7-3-4-10-21(13)20-15/h1-7,10H,8-9H2,(H,19,22). The van der Waals surface area contributed by atoms with Gasteiger partial charge in [0.15, 0.2) is 5.69 Å². The van der Waals surface area contributed by atoms with Crippen LogP contribution in [0.15, 0.2) is 48.7 Å². The number of fused-ring (bicyclic) bond motifs is 1. The largest absolute Gasteiger partial charge is 0.350 e. The van der Waals surface area contributed by atoms with Gasteiger partial charge < -0.3 is 5.32 Å². The third-order valence-electron chi connectivity index (χ3n) is 3.33. The van der Waals surface area contributed by atoms with Crippen LogP contribution in [0.1, 0.15) is 16.1 Å². The normalized spacial score (nSPS) is 10.8. The van der Waals surface area contributed by atoms with Crippen LogP contribution in [0.25, 0.3) is 5.52 Å². The molecule has 0 aliphatic carbocycles. The Morgan fingerprint density at radius 1 is 1.14 bits per heavy atom. The van der Waals surface area contributed by atoms with Crippen LogP contribution in [0.3, 0.4) is 0 Å². The molecular formula is C16H13Cl2N3O. The number of rotatable bonds is 4. The molecule has 0 fully saturated rings. The quantitative estimate of drug-likeness (QED) is 0.792. The van der Waals surface area contributed by atoms with Crippen molar-refractivity contribution in [1.82, 2.24) is 14.9 Å². The monoisotopic (exact) mass is 333 g/mol. The lowest BCUT2D eigenvalue weighted by Crippen LogP contribution is -2.26. The van der Waals surface area contributed by atoms with Crippen LogP contribution in [-0.4, -0.2) is 22.1 Å². The molecule has 1 aromatic carbocycles. The fourth-order valence-corrected chi connectivity index (χ4v) is 2.71. The highest BCUT2D eigenvalue weighted by atomic mass is 35.5. The van der Waals surface area contributed by atoms with Gasteiger partial charge in [0, 0.05) is 17.8 Å². The molecule has 0 unspecified atom stereocenters. The smallest absolute Gasteiger partial charge is 0.273 e. The first-order valence-corrected chi connectivity index (χ1v) is 7.57. The fraction of sp³-hybridized carbons (Fsp3) is 0.125. The number of hydrogen-bond acceptors (Lipinski definition) is 2.